The van der Waals surface area contributed by atoms with Gasteiger partial charge in [0.2, 0.25) is 5.95 Å². The molecular weight excluding hydrogens is 284 g/mol. The number of carbonyl (C=O) groups excluding carboxylic acids is 1. The first kappa shape index (κ1) is 14.8. The lowest BCUT2D eigenvalue weighted by Crippen LogP contribution is -2.53. The normalized spacial score (nSPS) is 22.0. The minimum Gasteiger partial charge on any atom is -0.379 e. The Morgan fingerprint density at radius 3 is 2.77 bits per heavy atom. The van der Waals surface area contributed by atoms with Crippen LogP contribution in [0.5, 0.6) is 0 Å². The molecule has 0 bridgehead atoms. The summed E-state index contributed by atoms with van der Waals surface area (Å²) in [6.45, 7) is 6.06. The van der Waals surface area contributed by atoms with Gasteiger partial charge in [0.1, 0.15) is 5.82 Å². The fourth-order valence-corrected chi connectivity index (χ4v) is 2.79. The van der Waals surface area contributed by atoms with Crippen molar-refractivity contribution < 1.29 is 9.53 Å². The standard InChI is InChI=1S/C14H22N6O2/c1-10-8-12(18-13(15)16-10)19-3-5-20(6-4-19)14(21)17-11-2-7-22-9-11/h8,11H,2-7,9H2,1H3,(H,17,21)(H2,15,16,18). The Bertz CT molecular complexity index is 518. The Labute approximate surface area is 129 Å². The molecule has 0 saturated carbocycles. The van der Waals surface area contributed by atoms with Gasteiger partial charge in [-0.3, -0.25) is 0 Å². The number of aryl methyl sites for hydroxylation is 1. The highest BCUT2D eigenvalue weighted by Gasteiger charge is 2.25. The monoisotopic (exact) mass is 306 g/mol. The third-order valence-corrected chi connectivity index (χ3v) is 4.01. The molecule has 8 heteroatoms. The molecule has 2 aliphatic rings. The summed E-state index contributed by atoms with van der Waals surface area (Å²) in [6, 6.07) is 2.06. The Morgan fingerprint density at radius 1 is 1.36 bits per heavy atom. The SMILES string of the molecule is Cc1cc(N2CCN(C(=O)NC3CCOC3)CC2)nc(N)n1. The van der Waals surface area contributed by atoms with Gasteiger partial charge in [-0.25, -0.2) is 9.78 Å². The van der Waals surface area contributed by atoms with Gasteiger partial charge in [-0.2, -0.15) is 4.98 Å². The molecule has 0 aromatic carbocycles. The molecule has 2 saturated heterocycles. The number of amides is 2. The zero-order valence-corrected chi connectivity index (χ0v) is 12.8. The van der Waals surface area contributed by atoms with Crippen molar-refractivity contribution in [3.8, 4) is 0 Å². The zero-order valence-electron chi connectivity index (χ0n) is 12.8. The fraction of sp³-hybridized carbons (Fsp3) is 0.643. The molecule has 2 aliphatic heterocycles. The molecule has 1 atom stereocenters. The highest BCUT2D eigenvalue weighted by Crippen LogP contribution is 2.16. The van der Waals surface area contributed by atoms with E-state index in [2.05, 4.69) is 20.2 Å². The van der Waals surface area contributed by atoms with Gasteiger partial charge >= 0.3 is 6.03 Å². The highest BCUT2D eigenvalue weighted by molar-refractivity contribution is 5.75. The molecule has 1 unspecified atom stereocenters. The van der Waals surface area contributed by atoms with Crippen molar-refractivity contribution in [3.05, 3.63) is 11.8 Å². The Kier molecular flexibility index (Phi) is 4.28. The molecule has 1 aromatic rings. The first-order valence-corrected chi connectivity index (χ1v) is 7.61. The van der Waals surface area contributed by atoms with Crippen LogP contribution in [0.3, 0.4) is 0 Å². The zero-order chi connectivity index (χ0) is 15.5. The van der Waals surface area contributed by atoms with Crippen molar-refractivity contribution in [2.45, 2.75) is 19.4 Å². The number of piperazine rings is 1. The number of anilines is 2. The molecule has 3 N–H and O–H groups in total. The smallest absolute Gasteiger partial charge is 0.317 e. The largest absolute Gasteiger partial charge is 0.379 e. The number of nitrogens with one attached hydrogen (secondary N) is 1. The molecule has 0 spiro atoms. The fourth-order valence-electron chi connectivity index (χ4n) is 2.79. The molecule has 3 heterocycles. The van der Waals surface area contributed by atoms with Crippen LogP contribution in [0.4, 0.5) is 16.6 Å². The van der Waals surface area contributed by atoms with Crippen LogP contribution >= 0.6 is 0 Å². The number of aromatic nitrogens is 2. The summed E-state index contributed by atoms with van der Waals surface area (Å²) >= 11 is 0. The second-order valence-corrected chi connectivity index (χ2v) is 5.71. The summed E-state index contributed by atoms with van der Waals surface area (Å²) in [5.74, 6) is 1.12. The van der Waals surface area contributed by atoms with E-state index in [1.807, 2.05) is 17.9 Å². The maximum atomic E-state index is 12.2. The maximum Gasteiger partial charge on any atom is 0.317 e. The van der Waals surface area contributed by atoms with Gasteiger partial charge in [0.15, 0.2) is 0 Å². The topological polar surface area (TPSA) is 96.6 Å². The molecule has 0 aliphatic carbocycles. The first-order chi connectivity index (χ1) is 10.6. The highest BCUT2D eigenvalue weighted by atomic mass is 16.5. The van der Waals surface area contributed by atoms with Crippen molar-refractivity contribution in [2.24, 2.45) is 0 Å². The number of rotatable bonds is 2. The number of carbonyl (C=O) groups is 1. The third kappa shape index (κ3) is 3.38. The summed E-state index contributed by atoms with van der Waals surface area (Å²) in [6.07, 6.45) is 0.894. The van der Waals surface area contributed by atoms with E-state index in [4.69, 9.17) is 10.5 Å². The van der Waals surface area contributed by atoms with Crippen molar-refractivity contribution >= 4 is 17.8 Å². The predicted octanol–water partition coefficient (Wildman–Crippen LogP) is -0.0123. The Balaban J connectivity index is 1.54. The molecular formula is C14H22N6O2. The summed E-state index contributed by atoms with van der Waals surface area (Å²) < 4.78 is 5.28. The van der Waals surface area contributed by atoms with E-state index >= 15 is 0 Å². The van der Waals surface area contributed by atoms with Gasteiger partial charge in [0.05, 0.1) is 12.6 Å². The van der Waals surface area contributed by atoms with Crippen LogP contribution < -0.4 is 16.0 Å². The molecule has 3 rings (SSSR count). The van der Waals surface area contributed by atoms with E-state index in [0.29, 0.717) is 19.7 Å². The minimum absolute atomic E-state index is 0.00599. The second kappa shape index (κ2) is 6.35. The molecule has 22 heavy (non-hydrogen) atoms. The summed E-state index contributed by atoms with van der Waals surface area (Å²) in [7, 11) is 0. The van der Waals surface area contributed by atoms with Crippen LogP contribution in [-0.4, -0.2) is 66.3 Å². The average Bonchev–Trinajstić information content (AvgIpc) is 2.99. The molecule has 1 aromatic heterocycles. The van der Waals surface area contributed by atoms with Gasteiger partial charge < -0.3 is 25.6 Å². The third-order valence-electron chi connectivity index (χ3n) is 4.01. The lowest BCUT2D eigenvalue weighted by Gasteiger charge is -2.35. The van der Waals surface area contributed by atoms with E-state index in [9.17, 15) is 4.79 Å². The van der Waals surface area contributed by atoms with Crippen molar-refractivity contribution in [1.29, 1.82) is 0 Å². The molecule has 2 amide bonds. The summed E-state index contributed by atoms with van der Waals surface area (Å²) in [4.78, 5) is 24.5. The van der Waals surface area contributed by atoms with E-state index in [0.717, 1.165) is 37.6 Å². The lowest BCUT2D eigenvalue weighted by atomic mass is 10.2. The first-order valence-electron chi connectivity index (χ1n) is 7.61. The van der Waals surface area contributed by atoms with Crippen LogP contribution in [0, 0.1) is 6.92 Å². The van der Waals surface area contributed by atoms with Crippen molar-refractivity contribution in [2.75, 3.05) is 50.0 Å². The average molecular weight is 306 g/mol. The maximum absolute atomic E-state index is 12.2. The van der Waals surface area contributed by atoms with Crippen LogP contribution in [-0.2, 0) is 4.74 Å². The number of ether oxygens (including phenoxy) is 1. The van der Waals surface area contributed by atoms with E-state index < -0.39 is 0 Å². The van der Waals surface area contributed by atoms with E-state index in [-0.39, 0.29) is 18.0 Å². The van der Waals surface area contributed by atoms with Crippen molar-refractivity contribution in [1.82, 2.24) is 20.2 Å². The number of nitrogen functional groups attached to an aromatic ring is 1. The molecule has 8 nitrogen and oxygen atoms in total. The number of nitrogens with zero attached hydrogens (tertiary/aromatic N) is 4. The van der Waals surface area contributed by atoms with Crippen LogP contribution in [0.2, 0.25) is 0 Å². The van der Waals surface area contributed by atoms with Crippen molar-refractivity contribution in [3.63, 3.8) is 0 Å². The molecule has 2 fully saturated rings. The quantitative estimate of drug-likeness (QED) is 0.797. The number of hydrogen-bond donors (Lipinski definition) is 2. The molecule has 0 radical (unpaired) electrons. The minimum atomic E-state index is -0.00599. The van der Waals surface area contributed by atoms with E-state index in [1.54, 1.807) is 0 Å². The second-order valence-electron chi connectivity index (χ2n) is 5.71. The predicted molar refractivity (Wildman–Crippen MR) is 82.7 cm³/mol. The Hall–Kier alpha value is -2.09. The summed E-state index contributed by atoms with van der Waals surface area (Å²) in [5, 5.41) is 3.02. The van der Waals surface area contributed by atoms with E-state index in [1.165, 1.54) is 0 Å². The number of hydrogen-bond acceptors (Lipinski definition) is 6. The van der Waals surface area contributed by atoms with Crippen LogP contribution in [0.15, 0.2) is 6.07 Å². The van der Waals surface area contributed by atoms with Crippen LogP contribution in [0.1, 0.15) is 12.1 Å². The van der Waals surface area contributed by atoms with Gasteiger partial charge in [0, 0.05) is 44.5 Å². The van der Waals surface area contributed by atoms with Gasteiger partial charge in [-0.05, 0) is 13.3 Å². The van der Waals surface area contributed by atoms with Gasteiger partial charge in [-0.1, -0.05) is 0 Å². The molecule has 120 valence electrons. The lowest BCUT2D eigenvalue weighted by molar-refractivity contribution is 0.176. The van der Waals surface area contributed by atoms with Gasteiger partial charge in [0.25, 0.3) is 0 Å². The van der Waals surface area contributed by atoms with Gasteiger partial charge in [-0.15, -0.1) is 0 Å². The van der Waals surface area contributed by atoms with Crippen LogP contribution in [0.25, 0.3) is 0 Å². The summed E-state index contributed by atoms with van der Waals surface area (Å²) in [5.41, 5.74) is 6.55. The number of nitrogens with two attached hydrogens (primary N) is 1. The number of urea groups is 1. The Morgan fingerprint density at radius 2 is 2.14 bits per heavy atom.